The lowest BCUT2D eigenvalue weighted by molar-refractivity contribution is -0.120. The summed E-state index contributed by atoms with van der Waals surface area (Å²) >= 11 is 0. The molecule has 37 heavy (non-hydrogen) atoms. The van der Waals surface area contributed by atoms with Gasteiger partial charge in [-0.05, 0) is 39.6 Å². The van der Waals surface area contributed by atoms with Crippen molar-refractivity contribution in [2.24, 2.45) is 5.73 Å². The smallest absolute Gasteiger partial charge is 0.255 e. The normalized spacial score (nSPS) is 10.6. The third kappa shape index (κ3) is 5.81. The van der Waals surface area contributed by atoms with Crippen LogP contribution in [0, 0.1) is 0 Å². The van der Waals surface area contributed by atoms with Crippen LogP contribution in [0.25, 0.3) is 33.5 Å². The van der Waals surface area contributed by atoms with Crippen molar-refractivity contribution in [3.05, 3.63) is 78.0 Å². The molecule has 0 spiro atoms. The molecule has 0 aliphatic heterocycles. The highest BCUT2D eigenvalue weighted by Crippen LogP contribution is 2.31. The SMILES string of the molecule is CCc1cc(OCc2ccc(-c3ccccc3-c3nnn[nH]3)cc2)c2nc(OCC(N)=O)ccc2n1.Cl. The lowest BCUT2D eigenvalue weighted by atomic mass is 9.98. The van der Waals surface area contributed by atoms with Gasteiger partial charge in [-0.1, -0.05) is 55.5 Å². The molecular weight excluding hydrogens is 494 g/mol. The van der Waals surface area contributed by atoms with E-state index in [4.69, 9.17) is 15.2 Å². The number of aryl methyl sites for hydroxylation is 1. The maximum atomic E-state index is 11.1. The minimum atomic E-state index is -0.573. The first kappa shape index (κ1) is 25.5. The summed E-state index contributed by atoms with van der Waals surface area (Å²) in [6.07, 6.45) is 0.751. The fourth-order valence-corrected chi connectivity index (χ4v) is 3.78. The average Bonchev–Trinajstić information content (AvgIpc) is 3.45. The van der Waals surface area contributed by atoms with Crippen LogP contribution >= 0.6 is 12.4 Å². The third-order valence-electron chi connectivity index (χ3n) is 5.55. The fourth-order valence-electron chi connectivity index (χ4n) is 3.78. The van der Waals surface area contributed by atoms with Crippen LogP contribution in [0.2, 0.25) is 0 Å². The van der Waals surface area contributed by atoms with Crippen LogP contribution in [-0.4, -0.2) is 43.1 Å². The zero-order chi connectivity index (χ0) is 24.9. The molecule has 1 amide bonds. The van der Waals surface area contributed by atoms with E-state index in [1.54, 1.807) is 12.1 Å². The number of nitrogens with two attached hydrogens (primary N) is 1. The second-order valence-corrected chi connectivity index (χ2v) is 8.02. The van der Waals surface area contributed by atoms with Crippen molar-refractivity contribution in [2.75, 3.05) is 6.61 Å². The summed E-state index contributed by atoms with van der Waals surface area (Å²) in [6.45, 7) is 2.11. The molecule has 10 nitrogen and oxygen atoms in total. The van der Waals surface area contributed by atoms with Crippen LogP contribution in [0.1, 0.15) is 18.2 Å². The second-order valence-electron chi connectivity index (χ2n) is 8.02. The Morgan fingerprint density at radius 3 is 2.46 bits per heavy atom. The van der Waals surface area contributed by atoms with Gasteiger partial charge in [-0.15, -0.1) is 17.5 Å². The van der Waals surface area contributed by atoms with Gasteiger partial charge in [0.2, 0.25) is 5.88 Å². The summed E-state index contributed by atoms with van der Waals surface area (Å²) in [5, 5.41) is 14.2. The predicted octanol–water partition coefficient (Wildman–Crippen LogP) is 3.90. The monoisotopic (exact) mass is 517 g/mol. The first-order valence-electron chi connectivity index (χ1n) is 11.4. The van der Waals surface area contributed by atoms with Crippen molar-refractivity contribution >= 4 is 29.3 Å². The number of primary amides is 1. The Hall–Kier alpha value is -4.57. The summed E-state index contributed by atoms with van der Waals surface area (Å²) in [7, 11) is 0. The number of hydrogen-bond acceptors (Lipinski definition) is 8. The molecule has 0 aliphatic carbocycles. The van der Waals surface area contributed by atoms with Gasteiger partial charge in [-0.3, -0.25) is 9.78 Å². The van der Waals surface area contributed by atoms with Gasteiger partial charge in [0.25, 0.3) is 5.91 Å². The number of fused-ring (bicyclic) bond motifs is 1. The minimum Gasteiger partial charge on any atom is -0.486 e. The summed E-state index contributed by atoms with van der Waals surface area (Å²) in [6, 6.07) is 21.4. The van der Waals surface area contributed by atoms with Crippen LogP contribution in [0.5, 0.6) is 11.6 Å². The van der Waals surface area contributed by atoms with Crippen LogP contribution in [-0.2, 0) is 17.8 Å². The van der Waals surface area contributed by atoms with E-state index >= 15 is 0 Å². The van der Waals surface area contributed by atoms with E-state index in [0.717, 1.165) is 34.4 Å². The molecule has 188 valence electrons. The number of halogens is 1. The third-order valence-corrected chi connectivity index (χ3v) is 5.55. The molecule has 0 aliphatic rings. The van der Waals surface area contributed by atoms with Gasteiger partial charge in [0.15, 0.2) is 12.4 Å². The number of nitrogens with one attached hydrogen (secondary N) is 1. The van der Waals surface area contributed by atoms with Gasteiger partial charge >= 0.3 is 0 Å². The van der Waals surface area contributed by atoms with Gasteiger partial charge in [0.1, 0.15) is 17.9 Å². The number of rotatable bonds is 9. The molecule has 0 atom stereocenters. The summed E-state index contributed by atoms with van der Waals surface area (Å²) < 4.78 is 11.5. The standard InChI is InChI=1S/C26H23N7O3.ClH/c1-2-18-13-22(25-21(28-18)11-12-24(29-25)36-15-23(27)34)35-14-16-7-9-17(10-8-16)19-5-3-4-6-20(19)26-30-32-33-31-26;/h3-13H,2,14-15H2,1H3,(H2,27,34)(H,30,31,32,33);1H. The molecule has 3 heterocycles. The predicted molar refractivity (Wildman–Crippen MR) is 140 cm³/mol. The van der Waals surface area contributed by atoms with Crippen molar-refractivity contribution in [1.29, 1.82) is 0 Å². The highest BCUT2D eigenvalue weighted by Gasteiger charge is 2.12. The number of carbonyl (C=O) groups is 1. The maximum Gasteiger partial charge on any atom is 0.255 e. The number of nitrogens with zero attached hydrogens (tertiary/aromatic N) is 5. The molecule has 5 aromatic rings. The van der Waals surface area contributed by atoms with Gasteiger partial charge in [-0.2, -0.15) is 0 Å². The van der Waals surface area contributed by atoms with Crippen molar-refractivity contribution < 1.29 is 14.3 Å². The largest absolute Gasteiger partial charge is 0.486 e. The maximum absolute atomic E-state index is 11.1. The van der Waals surface area contributed by atoms with E-state index < -0.39 is 5.91 Å². The number of aromatic nitrogens is 6. The summed E-state index contributed by atoms with van der Waals surface area (Å²) in [4.78, 5) is 20.2. The van der Waals surface area contributed by atoms with Crippen LogP contribution < -0.4 is 15.2 Å². The number of ether oxygens (including phenoxy) is 2. The topological polar surface area (TPSA) is 142 Å². The minimum absolute atomic E-state index is 0. The average molecular weight is 518 g/mol. The van der Waals surface area contributed by atoms with Crippen molar-refractivity contribution in [1.82, 2.24) is 30.6 Å². The molecule has 3 N–H and O–H groups in total. The Bertz CT molecular complexity index is 1510. The van der Waals surface area contributed by atoms with Crippen molar-refractivity contribution in [3.63, 3.8) is 0 Å². The highest BCUT2D eigenvalue weighted by molar-refractivity contribution is 5.85. The molecule has 5 rings (SSSR count). The molecule has 2 aromatic carbocycles. The van der Waals surface area contributed by atoms with E-state index in [2.05, 4.69) is 30.6 Å². The van der Waals surface area contributed by atoms with Gasteiger partial charge in [0.05, 0.1) is 5.52 Å². The van der Waals surface area contributed by atoms with Gasteiger partial charge < -0.3 is 15.2 Å². The lowest BCUT2D eigenvalue weighted by Gasteiger charge is -2.12. The van der Waals surface area contributed by atoms with E-state index in [0.29, 0.717) is 29.2 Å². The van der Waals surface area contributed by atoms with Gasteiger partial charge in [-0.25, -0.2) is 10.1 Å². The molecule has 0 unspecified atom stereocenters. The molecule has 0 bridgehead atoms. The fraction of sp³-hybridized carbons (Fsp3) is 0.154. The zero-order valence-corrected chi connectivity index (χ0v) is 20.7. The second kappa shape index (κ2) is 11.4. The Morgan fingerprint density at radius 2 is 1.76 bits per heavy atom. The number of H-pyrrole nitrogens is 1. The molecule has 0 fully saturated rings. The molecule has 0 saturated heterocycles. The number of amides is 1. The van der Waals surface area contributed by atoms with Crippen LogP contribution in [0.15, 0.2) is 66.7 Å². The van der Waals surface area contributed by atoms with E-state index in [1.807, 2.05) is 61.5 Å². The summed E-state index contributed by atoms with van der Waals surface area (Å²) in [5.74, 6) is 0.910. The summed E-state index contributed by atoms with van der Waals surface area (Å²) in [5.41, 5.74) is 11.3. The number of pyridine rings is 2. The van der Waals surface area contributed by atoms with E-state index in [-0.39, 0.29) is 24.9 Å². The number of aromatic amines is 1. The van der Waals surface area contributed by atoms with Gasteiger partial charge in [0, 0.05) is 23.4 Å². The molecule has 11 heteroatoms. The first-order chi connectivity index (χ1) is 17.6. The van der Waals surface area contributed by atoms with E-state index in [1.165, 1.54) is 0 Å². The van der Waals surface area contributed by atoms with Crippen molar-refractivity contribution in [3.8, 4) is 34.1 Å². The number of carbonyl (C=O) groups excluding carboxylic acids is 1. The van der Waals surface area contributed by atoms with Crippen molar-refractivity contribution in [2.45, 2.75) is 20.0 Å². The Kier molecular flexibility index (Phi) is 7.89. The Balaban J connectivity index is 0.00000320. The molecule has 0 saturated carbocycles. The number of benzene rings is 2. The first-order valence-corrected chi connectivity index (χ1v) is 11.4. The van der Waals surface area contributed by atoms with E-state index in [9.17, 15) is 4.79 Å². The lowest BCUT2D eigenvalue weighted by Crippen LogP contribution is -2.20. The highest BCUT2D eigenvalue weighted by atomic mass is 35.5. The van der Waals surface area contributed by atoms with Crippen LogP contribution in [0.4, 0.5) is 0 Å². The Morgan fingerprint density at radius 1 is 0.973 bits per heavy atom. The Labute approximate surface area is 218 Å². The number of tetrazole rings is 1. The zero-order valence-electron chi connectivity index (χ0n) is 19.9. The molecule has 0 radical (unpaired) electrons. The quantitative estimate of drug-likeness (QED) is 0.300. The van der Waals surface area contributed by atoms with Crippen LogP contribution in [0.3, 0.4) is 0 Å². The molecule has 3 aromatic heterocycles. The molecular formula is C26H24ClN7O3. The number of hydrogen-bond donors (Lipinski definition) is 2.